The van der Waals surface area contributed by atoms with Crippen molar-refractivity contribution in [3.05, 3.63) is 39.9 Å². The van der Waals surface area contributed by atoms with Crippen LogP contribution in [0.25, 0.3) is 11.3 Å². The molecule has 0 fully saturated rings. The SMILES string of the molecule is COc1ccc(-c2[nH]c(=O)[nH]c2C)cc1C. The third-order valence-corrected chi connectivity index (χ3v) is 2.60. The van der Waals surface area contributed by atoms with E-state index in [0.29, 0.717) is 0 Å². The van der Waals surface area contributed by atoms with Crippen LogP contribution >= 0.6 is 0 Å². The van der Waals surface area contributed by atoms with Gasteiger partial charge >= 0.3 is 5.69 Å². The first-order valence-electron chi connectivity index (χ1n) is 5.05. The van der Waals surface area contributed by atoms with Crippen LogP contribution in [-0.4, -0.2) is 17.1 Å². The Morgan fingerprint density at radius 2 is 1.94 bits per heavy atom. The first-order valence-corrected chi connectivity index (χ1v) is 5.05. The summed E-state index contributed by atoms with van der Waals surface area (Å²) in [5.74, 6) is 0.847. The predicted octanol–water partition coefficient (Wildman–Crippen LogP) is 2.00. The zero-order chi connectivity index (χ0) is 11.7. The van der Waals surface area contributed by atoms with Gasteiger partial charge in [-0.1, -0.05) is 0 Å². The lowest BCUT2D eigenvalue weighted by Crippen LogP contribution is -2.00. The van der Waals surface area contributed by atoms with Gasteiger partial charge in [0.2, 0.25) is 0 Å². The van der Waals surface area contributed by atoms with Crippen molar-refractivity contribution in [2.24, 2.45) is 0 Å². The van der Waals surface area contributed by atoms with E-state index >= 15 is 0 Å². The van der Waals surface area contributed by atoms with Gasteiger partial charge in [0.05, 0.1) is 12.8 Å². The van der Waals surface area contributed by atoms with E-state index in [0.717, 1.165) is 28.3 Å². The molecule has 4 nitrogen and oxygen atoms in total. The Bertz CT molecular complexity index is 567. The highest BCUT2D eigenvalue weighted by molar-refractivity contribution is 5.63. The number of H-pyrrole nitrogens is 2. The molecule has 0 aliphatic rings. The number of aromatic nitrogens is 2. The summed E-state index contributed by atoms with van der Waals surface area (Å²) in [7, 11) is 1.64. The number of nitrogens with one attached hydrogen (secondary N) is 2. The molecule has 0 spiro atoms. The molecule has 0 amide bonds. The summed E-state index contributed by atoms with van der Waals surface area (Å²) in [6.45, 7) is 3.84. The number of aryl methyl sites for hydroxylation is 2. The Labute approximate surface area is 93.3 Å². The average Bonchev–Trinajstić information content (AvgIpc) is 2.58. The van der Waals surface area contributed by atoms with E-state index in [1.165, 1.54) is 0 Å². The lowest BCUT2D eigenvalue weighted by atomic mass is 10.1. The van der Waals surface area contributed by atoms with Crippen LogP contribution in [-0.2, 0) is 0 Å². The van der Waals surface area contributed by atoms with Gasteiger partial charge in [0.25, 0.3) is 0 Å². The summed E-state index contributed by atoms with van der Waals surface area (Å²) >= 11 is 0. The Morgan fingerprint density at radius 1 is 1.19 bits per heavy atom. The normalized spacial score (nSPS) is 10.4. The standard InChI is InChI=1S/C12H14N2O2/c1-7-6-9(4-5-10(7)16-3)11-8(2)13-12(15)14-11/h4-6H,1-3H3,(H2,13,14,15). The molecule has 4 heteroatoms. The van der Waals surface area contributed by atoms with Crippen LogP contribution in [0.4, 0.5) is 0 Å². The summed E-state index contributed by atoms with van der Waals surface area (Å²) in [6.07, 6.45) is 0. The van der Waals surface area contributed by atoms with Crippen molar-refractivity contribution in [2.75, 3.05) is 7.11 Å². The lowest BCUT2D eigenvalue weighted by molar-refractivity contribution is 0.412. The third kappa shape index (κ3) is 1.74. The number of hydrogen-bond acceptors (Lipinski definition) is 2. The molecule has 0 atom stereocenters. The third-order valence-electron chi connectivity index (χ3n) is 2.60. The van der Waals surface area contributed by atoms with Crippen molar-refractivity contribution >= 4 is 0 Å². The maximum absolute atomic E-state index is 11.2. The van der Waals surface area contributed by atoms with Crippen molar-refractivity contribution in [1.82, 2.24) is 9.97 Å². The number of benzene rings is 1. The number of rotatable bonds is 2. The summed E-state index contributed by atoms with van der Waals surface area (Å²) < 4.78 is 5.19. The molecule has 0 aliphatic heterocycles. The largest absolute Gasteiger partial charge is 0.496 e. The fourth-order valence-corrected chi connectivity index (χ4v) is 1.79. The minimum Gasteiger partial charge on any atom is -0.496 e. The van der Waals surface area contributed by atoms with Crippen molar-refractivity contribution in [3.8, 4) is 17.0 Å². The van der Waals surface area contributed by atoms with Gasteiger partial charge in [-0.2, -0.15) is 0 Å². The van der Waals surface area contributed by atoms with Crippen molar-refractivity contribution in [3.63, 3.8) is 0 Å². The van der Waals surface area contributed by atoms with Crippen LogP contribution in [0.15, 0.2) is 23.0 Å². The van der Waals surface area contributed by atoms with E-state index in [1.807, 2.05) is 32.0 Å². The first kappa shape index (κ1) is 10.5. The van der Waals surface area contributed by atoms with Crippen LogP contribution in [0.5, 0.6) is 5.75 Å². The fraction of sp³-hybridized carbons (Fsp3) is 0.250. The van der Waals surface area contributed by atoms with Crippen LogP contribution in [0.2, 0.25) is 0 Å². The van der Waals surface area contributed by atoms with Gasteiger partial charge in [-0.15, -0.1) is 0 Å². The molecule has 84 valence electrons. The van der Waals surface area contributed by atoms with Crippen molar-refractivity contribution in [2.45, 2.75) is 13.8 Å². The topological polar surface area (TPSA) is 57.9 Å². The number of aromatic amines is 2. The Balaban J connectivity index is 2.53. The molecule has 0 bridgehead atoms. The maximum Gasteiger partial charge on any atom is 0.323 e. The van der Waals surface area contributed by atoms with Crippen molar-refractivity contribution in [1.29, 1.82) is 0 Å². The molecule has 0 radical (unpaired) electrons. The first-order chi connectivity index (χ1) is 7.61. The van der Waals surface area contributed by atoms with Gasteiger partial charge in [0.1, 0.15) is 5.75 Å². The molecule has 2 rings (SSSR count). The molecular formula is C12H14N2O2. The molecule has 1 aromatic heterocycles. The monoisotopic (exact) mass is 218 g/mol. The highest BCUT2D eigenvalue weighted by Gasteiger charge is 2.07. The van der Waals surface area contributed by atoms with E-state index in [4.69, 9.17) is 4.74 Å². The summed E-state index contributed by atoms with van der Waals surface area (Å²) in [5, 5.41) is 0. The molecule has 1 heterocycles. The molecule has 0 saturated carbocycles. The summed E-state index contributed by atoms with van der Waals surface area (Å²) in [4.78, 5) is 16.6. The second-order valence-electron chi connectivity index (χ2n) is 3.76. The minimum atomic E-state index is -0.180. The van der Waals surface area contributed by atoms with E-state index in [-0.39, 0.29) is 5.69 Å². The Kier molecular flexibility index (Phi) is 2.56. The smallest absolute Gasteiger partial charge is 0.323 e. The highest BCUT2D eigenvalue weighted by atomic mass is 16.5. The van der Waals surface area contributed by atoms with Gasteiger partial charge in [-0.3, -0.25) is 0 Å². The van der Waals surface area contributed by atoms with Crippen molar-refractivity contribution < 1.29 is 4.74 Å². The molecule has 16 heavy (non-hydrogen) atoms. The number of hydrogen-bond donors (Lipinski definition) is 2. The van der Waals surface area contributed by atoms with Gasteiger partial charge < -0.3 is 14.7 Å². The average molecular weight is 218 g/mol. The maximum atomic E-state index is 11.2. The van der Waals surface area contributed by atoms with E-state index < -0.39 is 0 Å². The zero-order valence-corrected chi connectivity index (χ0v) is 9.55. The second kappa shape index (κ2) is 3.89. The molecule has 2 N–H and O–H groups in total. The molecule has 0 aliphatic carbocycles. The van der Waals surface area contributed by atoms with E-state index in [9.17, 15) is 4.79 Å². The van der Waals surface area contributed by atoms with Crippen LogP contribution in [0, 0.1) is 13.8 Å². The highest BCUT2D eigenvalue weighted by Crippen LogP contribution is 2.25. The molecule has 0 saturated heterocycles. The minimum absolute atomic E-state index is 0.180. The zero-order valence-electron chi connectivity index (χ0n) is 9.55. The summed E-state index contributed by atoms with van der Waals surface area (Å²) in [6, 6.07) is 5.82. The molecule has 0 unspecified atom stereocenters. The van der Waals surface area contributed by atoms with Gasteiger partial charge in [-0.25, -0.2) is 4.79 Å². The number of imidazole rings is 1. The number of methoxy groups -OCH3 is 1. The quantitative estimate of drug-likeness (QED) is 0.809. The number of ether oxygens (including phenoxy) is 1. The molecular weight excluding hydrogens is 204 g/mol. The molecule has 1 aromatic carbocycles. The fourth-order valence-electron chi connectivity index (χ4n) is 1.79. The summed E-state index contributed by atoms with van der Waals surface area (Å²) in [5.41, 5.74) is 3.52. The van der Waals surface area contributed by atoms with Crippen LogP contribution < -0.4 is 10.4 Å². The van der Waals surface area contributed by atoms with Gasteiger partial charge in [-0.05, 0) is 37.6 Å². The second-order valence-corrected chi connectivity index (χ2v) is 3.76. The van der Waals surface area contributed by atoms with Gasteiger partial charge in [0.15, 0.2) is 0 Å². The van der Waals surface area contributed by atoms with Crippen LogP contribution in [0.1, 0.15) is 11.3 Å². The van der Waals surface area contributed by atoms with E-state index in [1.54, 1.807) is 7.11 Å². The molecule has 2 aromatic rings. The lowest BCUT2D eigenvalue weighted by Gasteiger charge is -2.06. The Morgan fingerprint density at radius 3 is 2.44 bits per heavy atom. The van der Waals surface area contributed by atoms with E-state index in [2.05, 4.69) is 9.97 Å². The predicted molar refractivity (Wildman–Crippen MR) is 62.9 cm³/mol. The Hall–Kier alpha value is -1.97. The van der Waals surface area contributed by atoms with Crippen LogP contribution in [0.3, 0.4) is 0 Å². The van der Waals surface area contributed by atoms with Gasteiger partial charge in [0, 0.05) is 11.3 Å².